The molecule has 0 bridgehead atoms. The Kier molecular flexibility index (Phi) is 18.9. The molecule has 13 nitrogen and oxygen atoms in total. The Hall–Kier alpha value is -1.50. The molecule has 1 heterocycles. The van der Waals surface area contributed by atoms with E-state index in [1.165, 1.54) is 42.5 Å². The Bertz CT molecular complexity index is 2050. The second kappa shape index (κ2) is 20.3. The van der Waals surface area contributed by atoms with Gasteiger partial charge in [-0.1, -0.05) is 52.3 Å². The summed E-state index contributed by atoms with van der Waals surface area (Å²) in [5.41, 5.74) is -0.423. The molecule has 0 atom stereocenters. The summed E-state index contributed by atoms with van der Waals surface area (Å²) in [5.74, 6) is -0.584. The number of hydrogen-bond acceptors (Lipinski definition) is 11. The minimum absolute atomic E-state index is 0. The molecule has 5 rings (SSSR count). The van der Waals surface area contributed by atoms with Crippen LogP contribution in [0, 0.1) is 0 Å². The standard InChI is InChI=1S/C16H16BrNO4S.C16H15NO4S.CH2O3.2K.H/c1-16(2,17)15(20)18-13-9-8-12(10-14(13)19)23(21,22)11-6-4-3-5-7-11;1-16(2)15(18)17-13-9-8-12(10-14(13)21-16)22(19,20)11-6-4-3-5-7-11;2-1-4-3;;;/h3-10,19H,1-2H3,(H,18,20);3-10H,1-2H3,(H,17,18);1,3H;;;/q;;;2*+1;-1/p-1. The van der Waals surface area contributed by atoms with Gasteiger partial charge in [0.05, 0.1) is 35.3 Å². The Morgan fingerprint density at radius 3 is 1.76 bits per heavy atom. The molecule has 2 amide bonds. The van der Waals surface area contributed by atoms with Gasteiger partial charge in [-0.3, -0.25) is 14.4 Å². The minimum atomic E-state index is -3.72. The van der Waals surface area contributed by atoms with Crippen LogP contribution in [0.15, 0.2) is 117 Å². The molecular formula is C33H33BrK2N2O11S2. The number of fused-ring (bicyclic) bond motifs is 1. The van der Waals surface area contributed by atoms with Gasteiger partial charge < -0.3 is 32.0 Å². The molecule has 3 N–H and O–H groups in total. The van der Waals surface area contributed by atoms with Gasteiger partial charge in [0.25, 0.3) is 12.4 Å². The number of ether oxygens (including phenoxy) is 1. The molecule has 0 aliphatic carbocycles. The van der Waals surface area contributed by atoms with Crippen LogP contribution in [0.5, 0.6) is 11.5 Å². The van der Waals surface area contributed by atoms with Gasteiger partial charge in [-0.2, -0.15) is 0 Å². The smallest absolute Gasteiger partial charge is 1.00 e. The largest absolute Gasteiger partial charge is 1.00 e. The van der Waals surface area contributed by atoms with E-state index in [-0.39, 0.29) is 154 Å². The molecule has 0 saturated heterocycles. The van der Waals surface area contributed by atoms with Crippen LogP contribution in [0.25, 0.3) is 0 Å². The molecule has 0 radical (unpaired) electrons. The van der Waals surface area contributed by atoms with Gasteiger partial charge in [-0.15, -0.1) is 0 Å². The number of phenols is 1. The number of amides is 2. The van der Waals surface area contributed by atoms with Crippen molar-refractivity contribution in [2.45, 2.75) is 57.2 Å². The van der Waals surface area contributed by atoms with E-state index in [0.29, 0.717) is 11.4 Å². The monoisotopic (exact) mass is 854 g/mol. The number of hydrogen-bond donors (Lipinski definition) is 3. The first-order valence-electron chi connectivity index (χ1n) is 14.1. The number of anilines is 2. The number of carbonyl (C=O) groups is 3. The molecule has 0 fully saturated rings. The summed E-state index contributed by atoms with van der Waals surface area (Å²) in [7, 11) is -7.33. The van der Waals surface area contributed by atoms with Crippen molar-refractivity contribution >= 4 is 65.3 Å². The van der Waals surface area contributed by atoms with E-state index in [1.807, 2.05) is 0 Å². The number of sulfone groups is 2. The number of aromatic hydroxyl groups is 1. The topological polar surface area (TPSA) is 205 Å². The summed E-state index contributed by atoms with van der Waals surface area (Å²) in [6.45, 7) is 6.40. The molecule has 0 aromatic heterocycles. The Balaban J connectivity index is 0.000000862. The quantitative estimate of drug-likeness (QED) is 0.0489. The molecule has 262 valence electrons. The molecule has 1 aliphatic rings. The second-order valence-corrected chi connectivity index (χ2v) is 17.0. The number of alkyl halides is 1. The third-order valence-electron chi connectivity index (χ3n) is 6.64. The predicted molar refractivity (Wildman–Crippen MR) is 182 cm³/mol. The number of halogens is 1. The van der Waals surface area contributed by atoms with Gasteiger partial charge in [0.1, 0.15) is 11.5 Å². The average molecular weight is 856 g/mol. The average Bonchev–Trinajstić information content (AvgIpc) is 3.06. The number of carbonyl (C=O) groups excluding carboxylic acids is 3. The normalized spacial score (nSPS) is 12.9. The van der Waals surface area contributed by atoms with Crippen molar-refractivity contribution in [1.82, 2.24) is 0 Å². The van der Waals surface area contributed by atoms with E-state index < -0.39 is 29.6 Å². The number of rotatable bonds is 7. The number of nitrogens with one attached hydrogen (secondary N) is 2. The summed E-state index contributed by atoms with van der Waals surface area (Å²) in [4.78, 5) is 35.4. The van der Waals surface area contributed by atoms with Gasteiger partial charge in [0, 0.05) is 12.1 Å². The first-order valence-corrected chi connectivity index (χ1v) is 17.9. The molecule has 4 aromatic carbocycles. The van der Waals surface area contributed by atoms with Crippen LogP contribution < -0.4 is 123 Å². The molecule has 0 saturated carbocycles. The van der Waals surface area contributed by atoms with Crippen molar-refractivity contribution in [2.75, 3.05) is 10.6 Å². The van der Waals surface area contributed by atoms with Crippen LogP contribution in [0.2, 0.25) is 0 Å². The van der Waals surface area contributed by atoms with Crippen LogP contribution in [0.1, 0.15) is 29.1 Å². The van der Waals surface area contributed by atoms with Crippen molar-refractivity contribution in [2.24, 2.45) is 0 Å². The molecule has 51 heavy (non-hydrogen) atoms. The fraction of sp³-hybridized carbons (Fsp3) is 0.182. The maximum atomic E-state index is 12.6. The van der Waals surface area contributed by atoms with E-state index in [9.17, 15) is 31.5 Å². The number of phenolic OH excluding ortho intramolecular Hbond substituents is 1. The molecule has 4 aromatic rings. The third-order valence-corrected chi connectivity index (χ3v) is 10.5. The molecular weight excluding hydrogens is 823 g/mol. The van der Waals surface area contributed by atoms with Crippen LogP contribution in [0.3, 0.4) is 0 Å². The maximum absolute atomic E-state index is 12.6. The van der Waals surface area contributed by atoms with Crippen LogP contribution >= 0.6 is 15.9 Å². The summed E-state index contributed by atoms with van der Waals surface area (Å²) >= 11 is 3.21. The van der Waals surface area contributed by atoms with E-state index in [2.05, 4.69) is 31.5 Å². The zero-order chi connectivity index (χ0) is 36.6. The Labute approximate surface area is 391 Å². The predicted octanol–water partition coefficient (Wildman–Crippen LogP) is -1.48. The Morgan fingerprint density at radius 1 is 0.882 bits per heavy atom. The third kappa shape index (κ3) is 12.8. The second-order valence-electron chi connectivity index (χ2n) is 11.2. The van der Waals surface area contributed by atoms with Crippen LogP contribution in [0.4, 0.5) is 11.4 Å². The minimum Gasteiger partial charge on any atom is -1.00 e. The molecule has 0 spiro atoms. The Morgan fingerprint density at radius 2 is 1.33 bits per heavy atom. The van der Waals surface area contributed by atoms with E-state index in [0.717, 1.165) is 6.07 Å². The van der Waals surface area contributed by atoms with Crippen LogP contribution in [-0.2, 0) is 38.9 Å². The molecule has 0 unspecified atom stereocenters. The van der Waals surface area contributed by atoms with Crippen LogP contribution in [-0.4, -0.2) is 50.2 Å². The molecule has 1 aliphatic heterocycles. The first-order chi connectivity index (χ1) is 22.8. The first kappa shape index (κ1) is 47.5. The zero-order valence-corrected chi connectivity index (χ0v) is 38.0. The fourth-order valence-corrected chi connectivity index (χ4v) is 6.68. The summed E-state index contributed by atoms with van der Waals surface area (Å²) in [5, 5.41) is 23.7. The SMILES string of the molecule is CC(C)(Br)C(=O)Nc1ccc(S(=O)(=O)c2ccccc2)cc1O.CC1(C)Oc2cc(S(=O)(=O)c3ccccc3)ccc2NC1=O.O=CO[O-].[H-].[K+].[K+]. The molecule has 18 heteroatoms. The van der Waals surface area contributed by atoms with E-state index in [1.54, 1.807) is 76.2 Å². The summed E-state index contributed by atoms with van der Waals surface area (Å²) < 4.78 is 55.0. The van der Waals surface area contributed by atoms with E-state index >= 15 is 0 Å². The van der Waals surface area contributed by atoms with Crippen molar-refractivity contribution < 1.29 is 155 Å². The van der Waals surface area contributed by atoms with Gasteiger partial charge in [-0.25, -0.2) is 16.8 Å². The fourth-order valence-electron chi connectivity index (χ4n) is 3.98. The zero-order valence-electron chi connectivity index (χ0n) is 29.5. The summed E-state index contributed by atoms with van der Waals surface area (Å²) in [6.07, 6.45) is 0. The van der Waals surface area contributed by atoms with Crippen molar-refractivity contribution in [3.05, 3.63) is 97.1 Å². The number of benzene rings is 4. The van der Waals surface area contributed by atoms with Gasteiger partial charge in [-0.05, 0) is 76.2 Å². The maximum Gasteiger partial charge on any atom is 1.00 e. The van der Waals surface area contributed by atoms with Gasteiger partial charge in [0.15, 0.2) is 5.60 Å². The van der Waals surface area contributed by atoms with Gasteiger partial charge in [0.2, 0.25) is 25.6 Å². The van der Waals surface area contributed by atoms with Crippen molar-refractivity contribution in [3.8, 4) is 11.5 Å². The van der Waals surface area contributed by atoms with Crippen molar-refractivity contribution in [1.29, 1.82) is 0 Å². The van der Waals surface area contributed by atoms with Gasteiger partial charge >= 0.3 is 103 Å². The van der Waals surface area contributed by atoms with Crippen molar-refractivity contribution in [3.63, 3.8) is 0 Å². The van der Waals surface area contributed by atoms with E-state index in [4.69, 9.17) is 14.8 Å². The summed E-state index contributed by atoms with van der Waals surface area (Å²) in [6, 6.07) is 24.4.